The summed E-state index contributed by atoms with van der Waals surface area (Å²) in [6.45, 7) is 5.26. The lowest BCUT2D eigenvalue weighted by Crippen LogP contribution is -2.40. The van der Waals surface area contributed by atoms with Crippen molar-refractivity contribution in [3.05, 3.63) is 74.9 Å². The Hall–Kier alpha value is -2.53. The molecule has 4 nitrogen and oxygen atoms in total. The zero-order valence-corrected chi connectivity index (χ0v) is 20.6. The minimum atomic E-state index is -0.0746. The topological polar surface area (TPSA) is 38.8 Å². The number of carbonyl (C=O) groups excluding carboxylic acids is 1. The van der Waals surface area contributed by atoms with Crippen LogP contribution in [0.25, 0.3) is 5.70 Å². The van der Waals surface area contributed by atoms with Gasteiger partial charge >= 0.3 is 0 Å². The zero-order chi connectivity index (χ0) is 22.6. The first kappa shape index (κ1) is 21.3. The monoisotopic (exact) mass is 493 g/mol. The lowest BCUT2D eigenvalue weighted by molar-refractivity contribution is -0.118. The third kappa shape index (κ3) is 3.38. The predicted molar refractivity (Wildman–Crippen MR) is 130 cm³/mol. The highest BCUT2D eigenvalue weighted by Gasteiger charge is 2.43. The van der Waals surface area contributed by atoms with Crippen LogP contribution in [0.5, 0.6) is 11.5 Å². The molecule has 0 saturated carbocycles. The highest BCUT2D eigenvalue weighted by atomic mass is 79.9. The average Bonchev–Trinajstić information content (AvgIpc) is 2.76. The number of halogens is 1. The van der Waals surface area contributed by atoms with Gasteiger partial charge < -0.3 is 14.4 Å². The molecular weight excluding hydrogens is 466 g/mol. The van der Waals surface area contributed by atoms with Crippen molar-refractivity contribution in [2.45, 2.75) is 39.0 Å². The smallest absolute Gasteiger partial charge is 0.162 e. The zero-order valence-electron chi connectivity index (χ0n) is 19.0. The third-order valence-corrected chi connectivity index (χ3v) is 7.60. The van der Waals surface area contributed by atoms with Crippen LogP contribution in [0.2, 0.25) is 0 Å². The lowest BCUT2D eigenvalue weighted by atomic mass is 9.69. The first-order valence-corrected chi connectivity index (χ1v) is 11.9. The number of rotatable bonds is 3. The van der Waals surface area contributed by atoms with Crippen LogP contribution in [-0.2, 0) is 11.2 Å². The molecule has 166 valence electrons. The predicted octanol–water partition coefficient (Wildman–Crippen LogP) is 6.11. The number of benzene rings is 2. The van der Waals surface area contributed by atoms with Gasteiger partial charge in [-0.1, -0.05) is 48.0 Å². The maximum atomic E-state index is 13.5. The summed E-state index contributed by atoms with van der Waals surface area (Å²) in [7, 11) is 3.35. The molecule has 3 aliphatic rings. The van der Waals surface area contributed by atoms with Gasteiger partial charge in [-0.2, -0.15) is 0 Å². The molecule has 2 heterocycles. The van der Waals surface area contributed by atoms with E-state index in [0.29, 0.717) is 6.42 Å². The van der Waals surface area contributed by atoms with Crippen LogP contribution in [0.15, 0.2) is 58.2 Å². The summed E-state index contributed by atoms with van der Waals surface area (Å²) in [5.41, 5.74) is 6.81. The van der Waals surface area contributed by atoms with Crippen molar-refractivity contribution < 1.29 is 14.3 Å². The van der Waals surface area contributed by atoms with Crippen molar-refractivity contribution in [1.82, 2.24) is 4.90 Å². The minimum absolute atomic E-state index is 0.0469. The molecule has 5 heteroatoms. The number of hydrogen-bond acceptors (Lipinski definition) is 4. The molecule has 5 rings (SSSR count). The van der Waals surface area contributed by atoms with Gasteiger partial charge in [0.2, 0.25) is 0 Å². The number of ether oxygens (including phenoxy) is 2. The Balaban J connectivity index is 1.73. The Labute approximate surface area is 198 Å². The molecule has 32 heavy (non-hydrogen) atoms. The first-order chi connectivity index (χ1) is 15.3. The largest absolute Gasteiger partial charge is 0.493 e. The van der Waals surface area contributed by atoms with Gasteiger partial charge in [-0.3, -0.25) is 4.79 Å². The Bertz CT molecular complexity index is 1180. The van der Waals surface area contributed by atoms with Crippen LogP contribution < -0.4 is 9.47 Å². The standard InChI is InChI=1S/C27H28BrNO3/c1-27(2)14-22-26(23(30)15-27)19(17-7-5-6-8-20(17)28)12-21-18-13-25(32-4)24(31-3)11-16(18)9-10-29(21)22/h5-8,11-13,19H,9-10,14-15H2,1-4H3/t19-/m1/s1. The van der Waals surface area contributed by atoms with E-state index in [-0.39, 0.29) is 17.1 Å². The van der Waals surface area contributed by atoms with Gasteiger partial charge in [0.25, 0.3) is 0 Å². The molecule has 0 radical (unpaired) electrons. The fourth-order valence-corrected chi connectivity index (χ4v) is 5.97. The summed E-state index contributed by atoms with van der Waals surface area (Å²) in [6.07, 6.45) is 4.66. The van der Waals surface area contributed by atoms with Crippen LogP contribution >= 0.6 is 15.9 Å². The van der Waals surface area contributed by atoms with Gasteiger partial charge in [-0.05, 0) is 53.7 Å². The lowest BCUT2D eigenvalue weighted by Gasteiger charge is -2.46. The van der Waals surface area contributed by atoms with Crippen molar-refractivity contribution in [1.29, 1.82) is 0 Å². The summed E-state index contributed by atoms with van der Waals surface area (Å²) >= 11 is 3.74. The van der Waals surface area contributed by atoms with E-state index in [1.807, 2.05) is 12.1 Å². The number of fused-ring (bicyclic) bond motifs is 4. The van der Waals surface area contributed by atoms with E-state index in [1.54, 1.807) is 14.2 Å². The maximum absolute atomic E-state index is 13.5. The molecular formula is C27H28BrNO3. The number of Topliss-reactive ketones (excluding diaryl/α,β-unsaturated/α-hetero) is 1. The molecule has 0 spiro atoms. The fraction of sp³-hybridized carbons (Fsp3) is 0.370. The summed E-state index contributed by atoms with van der Waals surface area (Å²) < 4.78 is 12.2. The van der Waals surface area contributed by atoms with Crippen molar-refractivity contribution in [2.75, 3.05) is 20.8 Å². The van der Waals surface area contributed by atoms with E-state index in [0.717, 1.165) is 57.8 Å². The molecule has 1 aliphatic carbocycles. The van der Waals surface area contributed by atoms with Gasteiger partial charge in [0, 0.05) is 45.9 Å². The second-order valence-electron chi connectivity index (χ2n) is 9.62. The van der Waals surface area contributed by atoms with Gasteiger partial charge in [-0.25, -0.2) is 0 Å². The normalized spacial score (nSPS) is 21.4. The van der Waals surface area contributed by atoms with E-state index in [9.17, 15) is 4.79 Å². The van der Waals surface area contributed by atoms with Crippen LogP contribution in [0.4, 0.5) is 0 Å². The number of carbonyl (C=O) groups is 1. The van der Waals surface area contributed by atoms with Crippen LogP contribution in [-0.4, -0.2) is 31.4 Å². The van der Waals surface area contributed by atoms with Gasteiger partial charge in [0.05, 0.1) is 14.2 Å². The number of allylic oxidation sites excluding steroid dienone is 3. The van der Waals surface area contributed by atoms with Crippen molar-refractivity contribution in [2.24, 2.45) is 5.41 Å². The molecule has 2 aliphatic heterocycles. The Morgan fingerprint density at radius 1 is 1.06 bits per heavy atom. The van der Waals surface area contributed by atoms with Gasteiger partial charge in [-0.15, -0.1) is 0 Å². The fourth-order valence-electron chi connectivity index (χ4n) is 5.43. The van der Waals surface area contributed by atoms with Crippen LogP contribution in [0, 0.1) is 5.41 Å². The maximum Gasteiger partial charge on any atom is 0.162 e. The number of methoxy groups -OCH3 is 2. The molecule has 0 amide bonds. The van der Waals surface area contributed by atoms with E-state index < -0.39 is 0 Å². The van der Waals surface area contributed by atoms with Gasteiger partial charge in [0.1, 0.15) is 0 Å². The molecule has 0 unspecified atom stereocenters. The van der Waals surface area contributed by atoms with E-state index >= 15 is 0 Å². The molecule has 2 aromatic carbocycles. The van der Waals surface area contributed by atoms with E-state index in [1.165, 1.54) is 11.3 Å². The second-order valence-corrected chi connectivity index (χ2v) is 10.5. The van der Waals surface area contributed by atoms with Crippen molar-refractivity contribution in [3.8, 4) is 11.5 Å². The Kier molecular flexibility index (Phi) is 5.20. The number of hydrogen-bond donors (Lipinski definition) is 0. The van der Waals surface area contributed by atoms with E-state index in [4.69, 9.17) is 9.47 Å². The number of nitrogens with zero attached hydrogens (tertiary/aromatic N) is 1. The minimum Gasteiger partial charge on any atom is -0.493 e. The Morgan fingerprint density at radius 3 is 2.50 bits per heavy atom. The summed E-state index contributed by atoms with van der Waals surface area (Å²) in [5.74, 6) is 1.68. The second kappa shape index (κ2) is 7.80. The highest BCUT2D eigenvalue weighted by Crippen LogP contribution is 2.51. The SMILES string of the molecule is COc1cc2c(cc1OC)C1=C[C@H](c3ccccc3Br)C3=C(CC(C)(C)CC3=O)N1CC2. The Morgan fingerprint density at radius 2 is 1.78 bits per heavy atom. The molecule has 0 N–H and O–H groups in total. The molecule has 1 atom stereocenters. The summed E-state index contributed by atoms with van der Waals surface area (Å²) in [5, 5.41) is 0. The molecule has 0 saturated heterocycles. The molecule has 0 bridgehead atoms. The van der Waals surface area contributed by atoms with Crippen LogP contribution in [0.1, 0.15) is 49.3 Å². The van der Waals surface area contributed by atoms with Crippen molar-refractivity contribution in [3.63, 3.8) is 0 Å². The van der Waals surface area contributed by atoms with Gasteiger partial charge in [0.15, 0.2) is 17.3 Å². The van der Waals surface area contributed by atoms with E-state index in [2.05, 4.69) is 65.0 Å². The highest BCUT2D eigenvalue weighted by molar-refractivity contribution is 9.10. The molecule has 2 aromatic rings. The van der Waals surface area contributed by atoms with Crippen LogP contribution in [0.3, 0.4) is 0 Å². The summed E-state index contributed by atoms with van der Waals surface area (Å²) in [4.78, 5) is 15.9. The van der Waals surface area contributed by atoms with Crippen molar-refractivity contribution >= 4 is 27.4 Å². The quantitative estimate of drug-likeness (QED) is 0.517. The third-order valence-electron chi connectivity index (χ3n) is 6.88. The first-order valence-electron chi connectivity index (χ1n) is 11.1. The average molecular weight is 494 g/mol. The molecule has 0 aromatic heterocycles. The number of ketones is 1. The summed E-state index contributed by atoms with van der Waals surface area (Å²) in [6, 6.07) is 12.4. The molecule has 0 fully saturated rings.